The molecule has 2 nitrogen and oxygen atoms in total. The lowest BCUT2D eigenvalue weighted by Gasteiger charge is -2.15. The van der Waals surface area contributed by atoms with Crippen LogP contribution in [-0.2, 0) is 9.59 Å². The summed E-state index contributed by atoms with van der Waals surface area (Å²) in [5.74, 6) is -0.00426. The number of carbonyl (C=O) groups excluding carboxylic acids is 2. The predicted octanol–water partition coefficient (Wildman–Crippen LogP) is 0.535. The molecular formula is C8H7O2. The molecule has 1 saturated carbocycles. The van der Waals surface area contributed by atoms with Crippen LogP contribution in [0.15, 0.2) is 12.2 Å². The number of fused-ring (bicyclic) bond motifs is 2. The van der Waals surface area contributed by atoms with Crippen molar-refractivity contribution in [2.24, 2.45) is 11.8 Å². The SMILES string of the molecule is O=C1[CH]C(=O)C2C=CC1C2. The summed E-state index contributed by atoms with van der Waals surface area (Å²) in [4.78, 5) is 21.9. The summed E-state index contributed by atoms with van der Waals surface area (Å²) < 4.78 is 0. The first kappa shape index (κ1) is 5.83. The van der Waals surface area contributed by atoms with E-state index in [1.165, 1.54) is 6.42 Å². The Morgan fingerprint density at radius 1 is 1.10 bits per heavy atom. The Hall–Kier alpha value is -0.920. The molecule has 2 aliphatic carbocycles. The maximum absolute atomic E-state index is 10.9. The number of carbonyl (C=O) groups is 2. The first-order chi connectivity index (χ1) is 4.77. The third kappa shape index (κ3) is 0.649. The van der Waals surface area contributed by atoms with Gasteiger partial charge in [-0.05, 0) is 6.42 Å². The van der Waals surface area contributed by atoms with Gasteiger partial charge in [0.15, 0.2) is 11.6 Å². The van der Waals surface area contributed by atoms with Crippen LogP contribution in [0, 0.1) is 18.3 Å². The summed E-state index contributed by atoms with van der Waals surface area (Å²) >= 11 is 0. The maximum Gasteiger partial charge on any atom is 0.151 e. The molecule has 0 heterocycles. The van der Waals surface area contributed by atoms with Crippen LogP contribution in [0.3, 0.4) is 0 Å². The minimum Gasteiger partial charge on any atom is -0.298 e. The zero-order valence-corrected chi connectivity index (χ0v) is 5.41. The monoisotopic (exact) mass is 135 g/mol. The van der Waals surface area contributed by atoms with E-state index < -0.39 is 0 Å². The second kappa shape index (κ2) is 1.78. The van der Waals surface area contributed by atoms with Crippen LogP contribution >= 0.6 is 0 Å². The van der Waals surface area contributed by atoms with Crippen molar-refractivity contribution in [3.63, 3.8) is 0 Å². The van der Waals surface area contributed by atoms with Gasteiger partial charge in [-0.2, -0.15) is 0 Å². The highest BCUT2D eigenvalue weighted by molar-refractivity contribution is 6.16. The quantitative estimate of drug-likeness (QED) is 0.454. The molecule has 2 aliphatic rings. The van der Waals surface area contributed by atoms with Gasteiger partial charge in [0, 0.05) is 11.8 Å². The van der Waals surface area contributed by atoms with Gasteiger partial charge in [0.25, 0.3) is 0 Å². The molecule has 0 saturated heterocycles. The number of rotatable bonds is 0. The third-order valence-corrected chi connectivity index (χ3v) is 2.10. The molecule has 51 valence electrons. The fourth-order valence-electron chi connectivity index (χ4n) is 1.48. The molecule has 0 aromatic carbocycles. The molecule has 2 unspecified atom stereocenters. The van der Waals surface area contributed by atoms with Crippen molar-refractivity contribution < 1.29 is 9.59 Å². The Labute approximate surface area is 58.9 Å². The lowest BCUT2D eigenvalue weighted by molar-refractivity contribution is -0.127. The summed E-state index contributed by atoms with van der Waals surface area (Å²) in [5.41, 5.74) is 0. The van der Waals surface area contributed by atoms with Crippen LogP contribution in [0.1, 0.15) is 6.42 Å². The van der Waals surface area contributed by atoms with Crippen molar-refractivity contribution in [1.29, 1.82) is 0 Å². The van der Waals surface area contributed by atoms with E-state index in [-0.39, 0.29) is 23.4 Å². The highest BCUT2D eigenvalue weighted by Crippen LogP contribution is 2.31. The van der Waals surface area contributed by atoms with Crippen molar-refractivity contribution in [3.05, 3.63) is 18.6 Å². The van der Waals surface area contributed by atoms with E-state index in [9.17, 15) is 9.59 Å². The number of ketones is 2. The van der Waals surface area contributed by atoms with Crippen LogP contribution in [0.25, 0.3) is 0 Å². The van der Waals surface area contributed by atoms with Crippen molar-refractivity contribution in [3.8, 4) is 0 Å². The van der Waals surface area contributed by atoms with Crippen LogP contribution in [0.2, 0.25) is 0 Å². The van der Waals surface area contributed by atoms with Crippen molar-refractivity contribution in [2.75, 3.05) is 0 Å². The summed E-state index contributed by atoms with van der Waals surface area (Å²) in [6.45, 7) is 0. The highest BCUT2D eigenvalue weighted by Gasteiger charge is 2.36. The van der Waals surface area contributed by atoms with Crippen LogP contribution < -0.4 is 0 Å². The molecule has 2 atom stereocenters. The average Bonchev–Trinajstić information content (AvgIpc) is 2.28. The second-order valence-electron chi connectivity index (χ2n) is 2.78. The molecule has 0 aliphatic heterocycles. The Bertz CT molecular complexity index is 205. The number of allylic oxidation sites excluding steroid dienone is 2. The van der Waals surface area contributed by atoms with Crippen LogP contribution in [0.5, 0.6) is 0 Å². The molecule has 0 spiro atoms. The van der Waals surface area contributed by atoms with Crippen LogP contribution in [-0.4, -0.2) is 11.6 Å². The maximum atomic E-state index is 10.9. The van der Waals surface area contributed by atoms with Gasteiger partial charge in [-0.1, -0.05) is 12.2 Å². The topological polar surface area (TPSA) is 34.1 Å². The number of hydrogen-bond donors (Lipinski definition) is 0. The molecule has 1 radical (unpaired) electrons. The first-order valence-electron chi connectivity index (χ1n) is 3.38. The van der Waals surface area contributed by atoms with Crippen molar-refractivity contribution in [2.45, 2.75) is 6.42 Å². The summed E-state index contributed by atoms with van der Waals surface area (Å²) in [6, 6.07) is 0. The summed E-state index contributed by atoms with van der Waals surface area (Å²) in [5, 5.41) is 0. The normalized spacial score (nSPS) is 37.2. The van der Waals surface area contributed by atoms with Gasteiger partial charge < -0.3 is 0 Å². The first-order valence-corrected chi connectivity index (χ1v) is 3.38. The van der Waals surface area contributed by atoms with Gasteiger partial charge in [-0.3, -0.25) is 9.59 Å². The van der Waals surface area contributed by atoms with Gasteiger partial charge in [0.1, 0.15) is 0 Å². The fraction of sp³-hybridized carbons (Fsp3) is 0.375. The average molecular weight is 135 g/mol. The van der Waals surface area contributed by atoms with Gasteiger partial charge in [0.05, 0.1) is 6.42 Å². The Morgan fingerprint density at radius 2 is 1.60 bits per heavy atom. The Kier molecular flexibility index (Phi) is 1.04. The molecule has 1 fully saturated rings. The molecule has 0 aromatic heterocycles. The van der Waals surface area contributed by atoms with Gasteiger partial charge in [-0.25, -0.2) is 0 Å². The lowest BCUT2D eigenvalue weighted by atomic mass is 9.86. The number of hydrogen-bond acceptors (Lipinski definition) is 2. The number of Topliss-reactive ketones (excluding diaryl/α,β-unsaturated/α-hetero) is 2. The molecule has 0 N–H and O–H groups in total. The van der Waals surface area contributed by atoms with Gasteiger partial charge in [0.2, 0.25) is 0 Å². The van der Waals surface area contributed by atoms with E-state index in [1.807, 2.05) is 12.2 Å². The largest absolute Gasteiger partial charge is 0.298 e. The molecule has 0 aromatic rings. The third-order valence-electron chi connectivity index (χ3n) is 2.10. The Morgan fingerprint density at radius 3 is 2.10 bits per heavy atom. The Balaban J connectivity index is 2.32. The van der Waals surface area contributed by atoms with Crippen LogP contribution in [0.4, 0.5) is 0 Å². The predicted molar refractivity (Wildman–Crippen MR) is 35.1 cm³/mol. The van der Waals surface area contributed by atoms with E-state index >= 15 is 0 Å². The highest BCUT2D eigenvalue weighted by atomic mass is 16.2. The fourth-order valence-corrected chi connectivity index (χ4v) is 1.48. The van der Waals surface area contributed by atoms with E-state index in [4.69, 9.17) is 0 Å². The molecule has 0 amide bonds. The molecular weight excluding hydrogens is 128 g/mol. The summed E-state index contributed by atoms with van der Waals surface area (Å²) in [6.07, 6.45) is 5.63. The van der Waals surface area contributed by atoms with Crippen molar-refractivity contribution in [1.82, 2.24) is 0 Å². The van der Waals surface area contributed by atoms with Crippen molar-refractivity contribution >= 4 is 11.6 Å². The molecule has 10 heavy (non-hydrogen) atoms. The van der Waals surface area contributed by atoms with E-state index in [2.05, 4.69) is 0 Å². The molecule has 2 heteroatoms. The van der Waals surface area contributed by atoms with E-state index in [0.29, 0.717) is 6.42 Å². The zero-order chi connectivity index (χ0) is 7.14. The summed E-state index contributed by atoms with van der Waals surface area (Å²) in [7, 11) is 0. The van der Waals surface area contributed by atoms with E-state index in [0.717, 1.165) is 0 Å². The lowest BCUT2D eigenvalue weighted by Crippen LogP contribution is -2.26. The molecule has 2 rings (SSSR count). The van der Waals surface area contributed by atoms with Gasteiger partial charge >= 0.3 is 0 Å². The zero-order valence-electron chi connectivity index (χ0n) is 5.41. The minimum absolute atomic E-state index is 0.0164. The standard InChI is InChI=1S/C8H7O2/c9-7-4-8(10)6-2-1-5(7)3-6/h1-2,4-6H,3H2. The van der Waals surface area contributed by atoms with Gasteiger partial charge in [-0.15, -0.1) is 0 Å². The van der Waals surface area contributed by atoms with E-state index in [1.54, 1.807) is 0 Å². The minimum atomic E-state index is -0.0185. The second-order valence-corrected chi connectivity index (χ2v) is 2.78. The molecule has 2 bridgehead atoms. The smallest absolute Gasteiger partial charge is 0.151 e.